The Balaban J connectivity index is 1.85. The summed E-state index contributed by atoms with van der Waals surface area (Å²) in [5.74, 6) is -3.39. The maximum Gasteiger partial charge on any atom is 0.415 e. The van der Waals surface area contributed by atoms with E-state index >= 15 is 0 Å². The van der Waals surface area contributed by atoms with Gasteiger partial charge < -0.3 is 14.2 Å². The summed E-state index contributed by atoms with van der Waals surface area (Å²) in [4.78, 5) is 14.2. The van der Waals surface area contributed by atoms with Crippen molar-refractivity contribution in [3.8, 4) is 16.9 Å². The highest BCUT2D eigenvalue weighted by Gasteiger charge is 2.21. The monoisotopic (exact) mass is 504 g/mol. The van der Waals surface area contributed by atoms with E-state index in [9.17, 15) is 22.4 Å². The van der Waals surface area contributed by atoms with E-state index in [0.29, 0.717) is 47.3 Å². The number of amides is 1. The first kappa shape index (κ1) is 24.6. The average Bonchev–Trinajstić information content (AvgIpc) is 3.21. The van der Waals surface area contributed by atoms with E-state index in [4.69, 9.17) is 16.3 Å². The number of fused-ring (bicyclic) bond motifs is 1. The lowest BCUT2D eigenvalue weighted by Gasteiger charge is -2.20. The molecule has 35 heavy (non-hydrogen) atoms. The number of halogens is 5. The van der Waals surface area contributed by atoms with E-state index in [-0.39, 0.29) is 22.9 Å². The Morgan fingerprint density at radius 1 is 0.943 bits per heavy atom. The smallest absolute Gasteiger partial charge is 0.410 e. The summed E-state index contributed by atoms with van der Waals surface area (Å²) in [7, 11) is 0. The highest BCUT2D eigenvalue weighted by Crippen LogP contribution is 2.39. The molecule has 0 bridgehead atoms. The van der Waals surface area contributed by atoms with E-state index in [2.05, 4.69) is 0 Å². The molecule has 0 saturated heterocycles. The molecule has 0 fully saturated rings. The summed E-state index contributed by atoms with van der Waals surface area (Å²) in [5.41, 5.74) is 1.21. The normalized spacial score (nSPS) is 11.2. The molecule has 0 aliphatic heterocycles. The van der Waals surface area contributed by atoms with E-state index in [0.717, 1.165) is 0 Å². The van der Waals surface area contributed by atoms with Gasteiger partial charge in [0.15, 0.2) is 0 Å². The number of rotatable bonds is 6. The maximum absolute atomic E-state index is 14.3. The van der Waals surface area contributed by atoms with Gasteiger partial charge in [0, 0.05) is 53.4 Å². The van der Waals surface area contributed by atoms with Crippen LogP contribution in [0.1, 0.15) is 19.4 Å². The zero-order valence-corrected chi connectivity index (χ0v) is 19.7. The van der Waals surface area contributed by atoms with Crippen molar-refractivity contribution in [2.75, 3.05) is 13.1 Å². The van der Waals surface area contributed by atoms with E-state index in [1.807, 2.05) is 13.8 Å². The first-order chi connectivity index (χ1) is 16.7. The van der Waals surface area contributed by atoms with Crippen LogP contribution in [0.4, 0.5) is 22.4 Å². The number of nitrogens with zero attached hydrogens (tertiary/aromatic N) is 2. The van der Waals surface area contributed by atoms with Gasteiger partial charge in [-0.05, 0) is 49.7 Å². The molecule has 0 atom stereocenters. The lowest BCUT2D eigenvalue weighted by atomic mass is 10.0. The molecule has 0 aliphatic rings. The van der Waals surface area contributed by atoms with Crippen LogP contribution in [-0.2, 0) is 6.54 Å². The second-order valence-corrected chi connectivity index (χ2v) is 8.24. The minimum absolute atomic E-state index is 0.115. The Labute approximate surface area is 204 Å². The molecule has 0 spiro atoms. The quantitative estimate of drug-likeness (QED) is 0.256. The van der Waals surface area contributed by atoms with Gasteiger partial charge in [-0.25, -0.2) is 22.4 Å². The lowest BCUT2D eigenvalue weighted by molar-refractivity contribution is 0.157. The minimum atomic E-state index is -1.00. The molecule has 182 valence electrons. The minimum Gasteiger partial charge on any atom is -0.410 e. The molecule has 3 aromatic carbocycles. The van der Waals surface area contributed by atoms with E-state index in [1.165, 1.54) is 23.1 Å². The SMILES string of the molecule is CCN(CC)C(=O)Oc1ccc2c(ccn2Cc2c(F)cc(F)cc2F)c1-c1ccc(F)c(Cl)c1. The van der Waals surface area contributed by atoms with Crippen molar-refractivity contribution in [2.45, 2.75) is 20.4 Å². The third kappa shape index (κ3) is 4.84. The second-order valence-electron chi connectivity index (χ2n) is 7.83. The fraction of sp³-hybridized carbons (Fsp3) is 0.192. The maximum atomic E-state index is 14.3. The summed E-state index contributed by atoms with van der Waals surface area (Å²) in [6.07, 6.45) is 1.05. The standard InChI is InChI=1S/C26H21ClF4N2O2/c1-3-32(4-2)26(34)35-24-8-7-23-17(25(24)15-5-6-20(29)19(27)11-15)9-10-33(23)14-18-21(30)12-16(28)13-22(18)31/h5-13H,3-4,14H2,1-2H3. The fourth-order valence-corrected chi connectivity index (χ4v) is 4.14. The van der Waals surface area contributed by atoms with E-state index in [1.54, 1.807) is 29.0 Å². The van der Waals surface area contributed by atoms with Gasteiger partial charge in [-0.15, -0.1) is 0 Å². The topological polar surface area (TPSA) is 34.5 Å². The summed E-state index contributed by atoms with van der Waals surface area (Å²) >= 11 is 6.02. The van der Waals surface area contributed by atoms with Gasteiger partial charge in [-0.2, -0.15) is 0 Å². The molecule has 1 aromatic heterocycles. The molecule has 0 unspecified atom stereocenters. The Morgan fingerprint density at radius 3 is 2.26 bits per heavy atom. The number of hydrogen-bond acceptors (Lipinski definition) is 2. The average molecular weight is 505 g/mol. The zero-order chi connectivity index (χ0) is 25.3. The van der Waals surface area contributed by atoms with Gasteiger partial charge >= 0.3 is 6.09 Å². The van der Waals surface area contributed by atoms with Gasteiger partial charge in [-0.1, -0.05) is 17.7 Å². The van der Waals surface area contributed by atoms with Crippen molar-refractivity contribution >= 4 is 28.6 Å². The molecule has 0 aliphatic carbocycles. The highest BCUT2D eigenvalue weighted by atomic mass is 35.5. The van der Waals surface area contributed by atoms with Crippen LogP contribution in [0.5, 0.6) is 5.75 Å². The number of carbonyl (C=O) groups excluding carboxylic acids is 1. The molecule has 4 nitrogen and oxygen atoms in total. The van der Waals surface area contributed by atoms with E-state index < -0.39 is 29.4 Å². The molecule has 1 amide bonds. The van der Waals surface area contributed by atoms with Crippen LogP contribution in [0.2, 0.25) is 5.02 Å². The van der Waals surface area contributed by atoms with Crippen LogP contribution in [0.25, 0.3) is 22.0 Å². The number of aromatic nitrogens is 1. The van der Waals surface area contributed by atoms with Crippen molar-refractivity contribution in [1.29, 1.82) is 0 Å². The summed E-state index contributed by atoms with van der Waals surface area (Å²) < 4.78 is 63.0. The molecular weight excluding hydrogens is 484 g/mol. The van der Waals surface area contributed by atoms with Crippen molar-refractivity contribution in [2.24, 2.45) is 0 Å². The van der Waals surface area contributed by atoms with Crippen LogP contribution in [-0.4, -0.2) is 28.6 Å². The third-order valence-corrected chi connectivity index (χ3v) is 6.07. The van der Waals surface area contributed by atoms with Crippen LogP contribution < -0.4 is 4.74 Å². The number of hydrogen-bond donors (Lipinski definition) is 0. The molecule has 0 N–H and O–H groups in total. The van der Waals surface area contributed by atoms with Crippen LogP contribution >= 0.6 is 11.6 Å². The lowest BCUT2D eigenvalue weighted by Crippen LogP contribution is -2.33. The first-order valence-corrected chi connectivity index (χ1v) is 11.3. The number of benzene rings is 3. The Morgan fingerprint density at radius 2 is 1.63 bits per heavy atom. The number of carbonyl (C=O) groups is 1. The van der Waals surface area contributed by atoms with Crippen LogP contribution in [0.15, 0.2) is 54.7 Å². The molecule has 9 heteroatoms. The molecule has 4 aromatic rings. The van der Waals surface area contributed by atoms with Crippen LogP contribution in [0, 0.1) is 23.3 Å². The Bertz CT molecular complexity index is 1390. The van der Waals surface area contributed by atoms with Gasteiger partial charge in [0.05, 0.1) is 11.6 Å². The second kappa shape index (κ2) is 10.00. The predicted octanol–water partition coefficient (Wildman–Crippen LogP) is 7.41. The first-order valence-electron chi connectivity index (χ1n) is 10.9. The van der Waals surface area contributed by atoms with Crippen molar-refractivity contribution < 1.29 is 27.1 Å². The number of ether oxygens (including phenoxy) is 1. The van der Waals surface area contributed by atoms with Gasteiger partial charge in [0.1, 0.15) is 29.0 Å². The summed E-state index contributed by atoms with van der Waals surface area (Å²) in [6.45, 7) is 4.33. The van der Waals surface area contributed by atoms with Gasteiger partial charge in [-0.3, -0.25) is 0 Å². The van der Waals surface area contributed by atoms with Crippen molar-refractivity contribution in [3.05, 3.63) is 88.6 Å². The highest BCUT2D eigenvalue weighted by molar-refractivity contribution is 6.31. The van der Waals surface area contributed by atoms with Gasteiger partial charge in [0.2, 0.25) is 0 Å². The molecule has 0 radical (unpaired) electrons. The summed E-state index contributed by atoms with van der Waals surface area (Å²) in [5, 5.41) is 0.468. The molecular formula is C26H21ClF4N2O2. The molecule has 4 rings (SSSR count). The molecule has 1 heterocycles. The Hall–Kier alpha value is -3.52. The van der Waals surface area contributed by atoms with Crippen LogP contribution in [0.3, 0.4) is 0 Å². The Kier molecular flexibility index (Phi) is 7.03. The van der Waals surface area contributed by atoms with Crippen molar-refractivity contribution in [1.82, 2.24) is 9.47 Å². The predicted molar refractivity (Wildman–Crippen MR) is 127 cm³/mol. The third-order valence-electron chi connectivity index (χ3n) is 5.78. The zero-order valence-electron chi connectivity index (χ0n) is 18.9. The summed E-state index contributed by atoms with van der Waals surface area (Å²) in [6, 6.07) is 10.3. The van der Waals surface area contributed by atoms with Crippen molar-refractivity contribution in [3.63, 3.8) is 0 Å². The largest absolute Gasteiger partial charge is 0.415 e. The fourth-order valence-electron chi connectivity index (χ4n) is 3.96. The van der Waals surface area contributed by atoms with Gasteiger partial charge in [0.25, 0.3) is 0 Å². The molecule has 0 saturated carbocycles.